The number of aromatic nitrogens is 1. The second kappa shape index (κ2) is 5.21. The van der Waals surface area contributed by atoms with E-state index in [-0.39, 0.29) is 0 Å². The molecule has 0 amide bonds. The van der Waals surface area contributed by atoms with E-state index in [1.54, 1.807) is 11.3 Å². The lowest BCUT2D eigenvalue weighted by atomic mass is 9.99. The average Bonchev–Trinajstić information content (AvgIpc) is 2.76. The SMILES string of the molecule is Cc1ccc(C)c(-c2nc(CN)sc2C(C)C)c1. The summed E-state index contributed by atoms with van der Waals surface area (Å²) in [5.41, 5.74) is 10.6. The zero-order valence-corrected chi connectivity index (χ0v) is 12.3. The van der Waals surface area contributed by atoms with Crippen LogP contribution in [0, 0.1) is 13.8 Å². The van der Waals surface area contributed by atoms with E-state index in [9.17, 15) is 0 Å². The standard InChI is InChI=1S/C15H20N2S/c1-9(2)15-14(17-13(8-16)18-15)12-7-10(3)5-6-11(12)4/h5-7,9H,8,16H2,1-4H3. The zero-order valence-electron chi connectivity index (χ0n) is 11.4. The molecule has 2 N–H and O–H groups in total. The number of hydrogen-bond acceptors (Lipinski definition) is 3. The van der Waals surface area contributed by atoms with Gasteiger partial charge in [-0.15, -0.1) is 11.3 Å². The number of thiazole rings is 1. The Bertz CT molecular complexity index is 556. The van der Waals surface area contributed by atoms with Gasteiger partial charge in [-0.2, -0.15) is 0 Å². The van der Waals surface area contributed by atoms with Crippen LogP contribution in [0.25, 0.3) is 11.3 Å². The van der Waals surface area contributed by atoms with E-state index in [1.165, 1.54) is 21.6 Å². The first-order valence-electron chi connectivity index (χ1n) is 6.30. The lowest BCUT2D eigenvalue weighted by Crippen LogP contribution is -1.95. The summed E-state index contributed by atoms with van der Waals surface area (Å²) >= 11 is 1.74. The van der Waals surface area contributed by atoms with Crippen LogP contribution < -0.4 is 5.73 Å². The van der Waals surface area contributed by atoms with Gasteiger partial charge < -0.3 is 5.73 Å². The van der Waals surface area contributed by atoms with Crippen LogP contribution in [0.1, 0.15) is 40.8 Å². The van der Waals surface area contributed by atoms with E-state index >= 15 is 0 Å². The summed E-state index contributed by atoms with van der Waals surface area (Å²) < 4.78 is 0. The molecule has 2 rings (SSSR count). The summed E-state index contributed by atoms with van der Waals surface area (Å²) in [6.45, 7) is 9.20. The van der Waals surface area contributed by atoms with Crippen LogP contribution in [0.15, 0.2) is 18.2 Å². The third kappa shape index (κ3) is 2.47. The summed E-state index contributed by atoms with van der Waals surface area (Å²) in [6.07, 6.45) is 0. The molecule has 0 aliphatic heterocycles. The molecular weight excluding hydrogens is 240 g/mol. The molecule has 0 unspecified atom stereocenters. The largest absolute Gasteiger partial charge is 0.325 e. The number of nitrogens with two attached hydrogens (primary N) is 1. The average molecular weight is 260 g/mol. The van der Waals surface area contributed by atoms with E-state index in [2.05, 4.69) is 45.9 Å². The van der Waals surface area contributed by atoms with Gasteiger partial charge in [-0.25, -0.2) is 4.98 Å². The molecule has 0 saturated heterocycles. The molecule has 1 heterocycles. The van der Waals surface area contributed by atoms with Crippen molar-refractivity contribution >= 4 is 11.3 Å². The molecule has 0 fully saturated rings. The minimum absolute atomic E-state index is 0.484. The molecule has 1 aromatic carbocycles. The number of hydrogen-bond donors (Lipinski definition) is 1. The van der Waals surface area contributed by atoms with Crippen molar-refractivity contribution < 1.29 is 0 Å². The van der Waals surface area contributed by atoms with Gasteiger partial charge in [0, 0.05) is 17.0 Å². The van der Waals surface area contributed by atoms with Crippen LogP contribution in [-0.2, 0) is 6.54 Å². The van der Waals surface area contributed by atoms with Gasteiger partial charge >= 0.3 is 0 Å². The summed E-state index contributed by atoms with van der Waals surface area (Å²) in [7, 11) is 0. The first-order valence-corrected chi connectivity index (χ1v) is 7.12. The minimum Gasteiger partial charge on any atom is -0.325 e. The van der Waals surface area contributed by atoms with Gasteiger partial charge in [-0.05, 0) is 31.4 Å². The second-order valence-corrected chi connectivity index (χ2v) is 6.11. The van der Waals surface area contributed by atoms with E-state index < -0.39 is 0 Å². The zero-order chi connectivity index (χ0) is 13.3. The van der Waals surface area contributed by atoms with Crippen molar-refractivity contribution in [3.63, 3.8) is 0 Å². The molecule has 0 atom stereocenters. The highest BCUT2D eigenvalue weighted by atomic mass is 32.1. The Kier molecular flexibility index (Phi) is 3.83. The maximum absolute atomic E-state index is 5.73. The molecule has 0 aliphatic rings. The van der Waals surface area contributed by atoms with E-state index in [0.29, 0.717) is 12.5 Å². The summed E-state index contributed by atoms with van der Waals surface area (Å²) in [4.78, 5) is 6.05. The Balaban J connectivity index is 2.62. The third-order valence-corrected chi connectivity index (χ3v) is 4.42. The lowest BCUT2D eigenvalue weighted by molar-refractivity contribution is 0.887. The number of rotatable bonds is 3. The molecule has 2 nitrogen and oxygen atoms in total. The van der Waals surface area contributed by atoms with Gasteiger partial charge in [0.1, 0.15) is 5.01 Å². The molecule has 0 bridgehead atoms. The van der Waals surface area contributed by atoms with Gasteiger partial charge in [0.15, 0.2) is 0 Å². The van der Waals surface area contributed by atoms with Crippen molar-refractivity contribution in [3.8, 4) is 11.3 Å². The Morgan fingerprint density at radius 3 is 2.61 bits per heavy atom. The monoisotopic (exact) mass is 260 g/mol. The van der Waals surface area contributed by atoms with Crippen LogP contribution in [0.3, 0.4) is 0 Å². The Hall–Kier alpha value is -1.19. The van der Waals surface area contributed by atoms with Crippen molar-refractivity contribution in [2.75, 3.05) is 0 Å². The third-order valence-electron chi connectivity index (χ3n) is 3.04. The van der Waals surface area contributed by atoms with Crippen molar-refractivity contribution in [2.45, 2.75) is 40.2 Å². The normalized spacial score (nSPS) is 11.2. The molecule has 0 saturated carbocycles. The van der Waals surface area contributed by atoms with Crippen LogP contribution in [0.4, 0.5) is 0 Å². The topological polar surface area (TPSA) is 38.9 Å². The minimum atomic E-state index is 0.484. The molecule has 0 spiro atoms. The molecule has 2 aromatic rings. The summed E-state index contributed by atoms with van der Waals surface area (Å²) in [5, 5.41) is 1.02. The lowest BCUT2D eigenvalue weighted by Gasteiger charge is -2.09. The van der Waals surface area contributed by atoms with Crippen LogP contribution in [-0.4, -0.2) is 4.98 Å². The van der Waals surface area contributed by atoms with E-state index in [0.717, 1.165) is 10.7 Å². The Morgan fingerprint density at radius 2 is 2.00 bits per heavy atom. The fourth-order valence-electron chi connectivity index (χ4n) is 2.04. The predicted octanol–water partition coefficient (Wildman–Crippen LogP) is 4.01. The van der Waals surface area contributed by atoms with Crippen LogP contribution in [0.5, 0.6) is 0 Å². The Labute approximate surface area is 113 Å². The predicted molar refractivity (Wildman–Crippen MR) is 79.0 cm³/mol. The van der Waals surface area contributed by atoms with Crippen molar-refractivity contribution in [1.82, 2.24) is 4.98 Å². The van der Waals surface area contributed by atoms with Gasteiger partial charge in [-0.1, -0.05) is 31.5 Å². The molecule has 18 heavy (non-hydrogen) atoms. The fraction of sp³-hybridized carbons (Fsp3) is 0.400. The second-order valence-electron chi connectivity index (χ2n) is 5.00. The molecule has 1 aromatic heterocycles. The number of aryl methyl sites for hydroxylation is 2. The van der Waals surface area contributed by atoms with Crippen LogP contribution in [0.2, 0.25) is 0 Å². The molecule has 3 heteroatoms. The quantitative estimate of drug-likeness (QED) is 0.905. The number of nitrogens with zero attached hydrogens (tertiary/aromatic N) is 1. The molecule has 96 valence electrons. The highest BCUT2D eigenvalue weighted by Gasteiger charge is 2.16. The van der Waals surface area contributed by atoms with Gasteiger partial charge in [0.25, 0.3) is 0 Å². The highest BCUT2D eigenvalue weighted by molar-refractivity contribution is 7.12. The van der Waals surface area contributed by atoms with E-state index in [4.69, 9.17) is 10.7 Å². The molecular formula is C15H20N2S. The van der Waals surface area contributed by atoms with Gasteiger partial charge in [0.2, 0.25) is 0 Å². The van der Waals surface area contributed by atoms with Crippen molar-refractivity contribution in [3.05, 3.63) is 39.2 Å². The first-order chi connectivity index (χ1) is 8.52. The smallest absolute Gasteiger partial charge is 0.107 e. The Morgan fingerprint density at radius 1 is 1.28 bits per heavy atom. The van der Waals surface area contributed by atoms with Gasteiger partial charge in [0.05, 0.1) is 5.69 Å². The summed E-state index contributed by atoms with van der Waals surface area (Å²) in [5.74, 6) is 0.484. The maximum Gasteiger partial charge on any atom is 0.107 e. The van der Waals surface area contributed by atoms with E-state index in [1.807, 2.05) is 0 Å². The highest BCUT2D eigenvalue weighted by Crippen LogP contribution is 2.35. The summed E-state index contributed by atoms with van der Waals surface area (Å²) in [6, 6.07) is 6.52. The maximum atomic E-state index is 5.73. The fourth-order valence-corrected chi connectivity index (χ4v) is 3.00. The number of benzene rings is 1. The van der Waals surface area contributed by atoms with Gasteiger partial charge in [-0.3, -0.25) is 0 Å². The molecule has 0 radical (unpaired) electrons. The van der Waals surface area contributed by atoms with Crippen molar-refractivity contribution in [2.24, 2.45) is 5.73 Å². The van der Waals surface area contributed by atoms with Crippen LogP contribution >= 0.6 is 11.3 Å². The first kappa shape index (κ1) is 13.2. The van der Waals surface area contributed by atoms with Crippen molar-refractivity contribution in [1.29, 1.82) is 0 Å². The molecule has 0 aliphatic carbocycles.